The van der Waals surface area contributed by atoms with Crippen LogP contribution < -0.4 is 33.2 Å². The van der Waals surface area contributed by atoms with E-state index >= 15 is 0 Å². The fraction of sp³-hybridized carbons (Fsp3) is 0.151. The highest BCUT2D eigenvalue weighted by Crippen LogP contribution is 2.39. The third-order valence-electron chi connectivity index (χ3n) is 14.6. The van der Waals surface area contributed by atoms with Crippen LogP contribution in [0, 0.1) is 0 Å². The van der Waals surface area contributed by atoms with E-state index in [0.29, 0.717) is 56.8 Å². The summed E-state index contributed by atoms with van der Waals surface area (Å²) < 4.78 is 65.0. The summed E-state index contributed by atoms with van der Waals surface area (Å²) >= 11 is 0. The third kappa shape index (κ3) is 14.4. The highest BCUT2D eigenvalue weighted by atomic mass is 16.5. The summed E-state index contributed by atoms with van der Waals surface area (Å²) in [4.78, 5) is 48.6. The Hall–Kier alpha value is -11.1. The van der Waals surface area contributed by atoms with E-state index < -0.39 is 23.9 Å². The molecule has 0 aliphatic heterocycles. The number of carbonyl (C=O) groups excluding carboxylic acids is 4. The zero-order valence-electron chi connectivity index (χ0n) is 48.7. The maximum absolute atomic E-state index is 12.1. The summed E-state index contributed by atoms with van der Waals surface area (Å²) in [5, 5.41) is 6.76. The molecule has 0 atom stereocenters. The monoisotopic (exact) mass is 1180 g/mol. The Bertz CT molecular complexity index is 3900. The number of hydrogen-bond donors (Lipinski definition) is 0. The second kappa shape index (κ2) is 27.3. The summed E-state index contributed by atoms with van der Waals surface area (Å²) in [5.41, 5.74) is 7.24. The minimum absolute atomic E-state index is 0.0882. The van der Waals surface area contributed by atoms with Gasteiger partial charge in [-0.3, -0.25) is 0 Å². The van der Waals surface area contributed by atoms with E-state index in [4.69, 9.17) is 52.1 Å². The fourth-order valence-corrected chi connectivity index (χ4v) is 10.1. The van der Waals surface area contributed by atoms with Crippen LogP contribution in [0.2, 0.25) is 0 Å². The van der Waals surface area contributed by atoms with E-state index in [0.717, 1.165) is 71.6 Å². The van der Waals surface area contributed by atoms with Crippen molar-refractivity contribution in [2.75, 3.05) is 28.4 Å². The standard InChI is InChI=1S/C73H60O15/c1-78-70(74)56-16-8-46(9-17-56)39-82-60-30-50(31-61(36-60)83-40-47-10-18-57(19-11-47)71(75)79-2)43-86-64-34-52(45-88-67-29-27-55-25-24-53-6-5-7-54-26-28-66(67)69(55)68(53)54)35-65(38-64)87-44-51-32-62(84-41-48-12-20-58(21-13-48)72(76)80-3)37-63(33-51)85-42-49-14-22-59(23-15-49)73(77)81-4/h5-38H,39-45H2,1-4H3. The van der Waals surface area contributed by atoms with Crippen molar-refractivity contribution < 1.29 is 71.3 Å². The first-order valence-electron chi connectivity index (χ1n) is 28.1. The smallest absolute Gasteiger partial charge is 0.337 e. The highest BCUT2D eigenvalue weighted by Gasteiger charge is 2.16. The number of methoxy groups -OCH3 is 4. The number of hydrogen-bond acceptors (Lipinski definition) is 15. The van der Waals surface area contributed by atoms with Gasteiger partial charge in [-0.1, -0.05) is 91.0 Å². The highest BCUT2D eigenvalue weighted by molar-refractivity contribution is 6.24. The quantitative estimate of drug-likeness (QED) is 0.0301. The summed E-state index contributed by atoms with van der Waals surface area (Å²) in [6.07, 6.45) is 0. The average Bonchev–Trinajstić information content (AvgIpc) is 3.60. The van der Waals surface area contributed by atoms with Gasteiger partial charge in [0.1, 0.15) is 86.5 Å². The van der Waals surface area contributed by atoms with E-state index in [2.05, 4.69) is 48.5 Å². The lowest BCUT2D eigenvalue weighted by Gasteiger charge is -2.17. The van der Waals surface area contributed by atoms with Crippen molar-refractivity contribution in [3.8, 4) is 40.2 Å². The molecular formula is C73H60O15. The van der Waals surface area contributed by atoms with Gasteiger partial charge in [0.15, 0.2) is 0 Å². The van der Waals surface area contributed by atoms with E-state index in [1.165, 1.54) is 33.8 Å². The molecule has 88 heavy (non-hydrogen) atoms. The summed E-state index contributed by atoms with van der Waals surface area (Å²) in [6.45, 7) is 1.11. The molecule has 11 aromatic rings. The van der Waals surface area contributed by atoms with Crippen LogP contribution in [0.3, 0.4) is 0 Å². The van der Waals surface area contributed by atoms with Crippen molar-refractivity contribution in [1.82, 2.24) is 0 Å². The van der Waals surface area contributed by atoms with E-state index in [1.807, 2.05) is 48.5 Å². The van der Waals surface area contributed by atoms with Gasteiger partial charge in [0.2, 0.25) is 0 Å². The molecule has 15 nitrogen and oxygen atoms in total. The number of esters is 4. The average molecular weight is 1180 g/mol. The Balaban J connectivity index is 0.878. The molecule has 442 valence electrons. The van der Waals surface area contributed by atoms with Gasteiger partial charge in [-0.05, 0) is 158 Å². The van der Waals surface area contributed by atoms with Gasteiger partial charge in [0.05, 0.1) is 50.7 Å². The van der Waals surface area contributed by atoms with Gasteiger partial charge < -0.3 is 52.1 Å². The molecule has 0 radical (unpaired) electrons. The summed E-state index contributed by atoms with van der Waals surface area (Å²) in [6, 6.07) is 63.7. The largest absolute Gasteiger partial charge is 0.489 e. The van der Waals surface area contributed by atoms with Crippen LogP contribution in [0.25, 0.3) is 32.3 Å². The van der Waals surface area contributed by atoms with Gasteiger partial charge in [0, 0.05) is 29.0 Å². The van der Waals surface area contributed by atoms with E-state index in [1.54, 1.807) is 109 Å². The molecule has 0 spiro atoms. The predicted octanol–water partition coefficient (Wildman–Crippen LogP) is 14.8. The van der Waals surface area contributed by atoms with E-state index in [-0.39, 0.29) is 46.2 Å². The second-order valence-electron chi connectivity index (χ2n) is 20.6. The van der Waals surface area contributed by atoms with Gasteiger partial charge in [-0.15, -0.1) is 0 Å². The van der Waals surface area contributed by atoms with Crippen molar-refractivity contribution in [3.63, 3.8) is 0 Å². The Morgan fingerprint density at radius 2 is 0.523 bits per heavy atom. The molecule has 15 heteroatoms. The molecule has 0 saturated heterocycles. The maximum atomic E-state index is 12.1. The molecule has 0 N–H and O–H groups in total. The number of carbonyl (C=O) groups is 4. The molecule has 11 aromatic carbocycles. The van der Waals surface area contributed by atoms with Crippen LogP contribution in [-0.2, 0) is 65.2 Å². The lowest BCUT2D eigenvalue weighted by Crippen LogP contribution is -2.04. The van der Waals surface area contributed by atoms with Crippen LogP contribution >= 0.6 is 0 Å². The molecule has 0 heterocycles. The van der Waals surface area contributed by atoms with Crippen molar-refractivity contribution in [3.05, 3.63) is 267 Å². The maximum Gasteiger partial charge on any atom is 0.337 e. The van der Waals surface area contributed by atoms with Crippen LogP contribution in [0.5, 0.6) is 40.2 Å². The van der Waals surface area contributed by atoms with Gasteiger partial charge >= 0.3 is 23.9 Å². The minimum atomic E-state index is -0.434. The van der Waals surface area contributed by atoms with Crippen molar-refractivity contribution >= 4 is 56.2 Å². The zero-order valence-corrected chi connectivity index (χ0v) is 48.7. The molecule has 0 amide bonds. The van der Waals surface area contributed by atoms with Crippen molar-refractivity contribution in [1.29, 1.82) is 0 Å². The van der Waals surface area contributed by atoms with Gasteiger partial charge in [-0.2, -0.15) is 0 Å². The first-order chi connectivity index (χ1) is 43.0. The first kappa shape index (κ1) is 58.7. The normalized spacial score (nSPS) is 11.0. The summed E-state index contributed by atoms with van der Waals surface area (Å²) in [7, 11) is 5.36. The molecule has 0 aliphatic rings. The number of ether oxygens (including phenoxy) is 11. The van der Waals surface area contributed by atoms with Crippen molar-refractivity contribution in [2.45, 2.75) is 46.2 Å². The van der Waals surface area contributed by atoms with Crippen LogP contribution in [-0.4, -0.2) is 52.3 Å². The predicted molar refractivity (Wildman–Crippen MR) is 331 cm³/mol. The summed E-state index contributed by atoms with van der Waals surface area (Å²) in [5.74, 6) is 2.02. The van der Waals surface area contributed by atoms with Crippen LogP contribution in [0.15, 0.2) is 206 Å². The second-order valence-corrected chi connectivity index (χ2v) is 20.6. The van der Waals surface area contributed by atoms with Crippen LogP contribution in [0.1, 0.15) is 80.4 Å². The topological polar surface area (TPSA) is 170 Å². The first-order valence-corrected chi connectivity index (χ1v) is 28.1. The Kier molecular flexibility index (Phi) is 18.2. The molecule has 11 rings (SSSR count). The van der Waals surface area contributed by atoms with Gasteiger partial charge in [-0.25, -0.2) is 19.2 Å². The minimum Gasteiger partial charge on any atom is -0.489 e. The Labute approximate surface area is 507 Å². The number of benzene rings is 11. The Morgan fingerprint density at radius 1 is 0.261 bits per heavy atom. The van der Waals surface area contributed by atoms with Crippen LogP contribution in [0.4, 0.5) is 0 Å². The number of rotatable bonds is 25. The zero-order chi connectivity index (χ0) is 60.9. The van der Waals surface area contributed by atoms with Gasteiger partial charge in [0.25, 0.3) is 0 Å². The fourth-order valence-electron chi connectivity index (χ4n) is 10.1. The molecule has 0 fully saturated rings. The van der Waals surface area contributed by atoms with E-state index in [9.17, 15) is 19.2 Å². The van der Waals surface area contributed by atoms with Crippen molar-refractivity contribution in [2.24, 2.45) is 0 Å². The molecular weight excluding hydrogens is 1120 g/mol. The molecule has 0 saturated carbocycles. The molecule has 0 aliphatic carbocycles. The Morgan fingerprint density at radius 3 is 0.830 bits per heavy atom. The SMILES string of the molecule is COC(=O)c1ccc(COc2cc(COc3cc(COc4ccc5ccc6cccc7ccc4c5c67)cc(OCc4cc(OCc5ccc(C(=O)OC)cc5)cc(OCc5ccc(C(=O)OC)cc5)c4)c3)cc(OCc3ccc(C(=O)OC)cc3)c2)cc1. The molecule has 0 bridgehead atoms. The lowest BCUT2D eigenvalue weighted by atomic mass is 9.94. The third-order valence-corrected chi connectivity index (χ3v) is 14.6. The molecule has 0 unspecified atom stereocenters. The molecule has 0 aromatic heterocycles. The lowest BCUT2D eigenvalue weighted by molar-refractivity contribution is 0.0592.